The first-order valence-corrected chi connectivity index (χ1v) is 14.3. The number of nitrogens with zero attached hydrogens (tertiary/aromatic N) is 3. The van der Waals surface area contributed by atoms with Gasteiger partial charge in [0.05, 0.1) is 35.7 Å². The van der Waals surface area contributed by atoms with E-state index in [9.17, 15) is 19.5 Å². The Kier molecular flexibility index (Phi) is 8.16. The highest BCUT2D eigenvalue weighted by molar-refractivity contribution is 7.22. The minimum absolute atomic E-state index is 0.0116. The van der Waals surface area contributed by atoms with E-state index in [4.69, 9.17) is 18.6 Å². The van der Waals surface area contributed by atoms with Gasteiger partial charge >= 0.3 is 11.7 Å². The summed E-state index contributed by atoms with van der Waals surface area (Å²) in [4.78, 5) is 45.5. The number of thiophene rings is 1. The average molecular weight is 584 g/mol. The summed E-state index contributed by atoms with van der Waals surface area (Å²) in [6.45, 7) is 7.89. The fourth-order valence-electron chi connectivity index (χ4n) is 5.09. The lowest BCUT2D eigenvalue weighted by Crippen LogP contribution is -2.52. The van der Waals surface area contributed by atoms with Crippen molar-refractivity contribution in [2.45, 2.75) is 64.8 Å². The number of carbonyl (C=O) groups is 1. The third kappa shape index (κ3) is 5.34. The molecule has 0 saturated carbocycles. The molecule has 4 heterocycles. The standard InChI is InChI=1S/C29H33N3O8S/c1-5-38-20-9-7-6-8-19(20)21(40-18-10-13-37-14-11-18)16-31-26-22(17(2)23(41-26)24-30-12-15-39-24)25(33)32(28(31)36)29(3,4)27(34)35/h6-9,12,15,18,21H,5,10-11,13-14,16H2,1-4H3,(H,34,35)/t21-/m1/s1. The molecule has 0 spiro atoms. The van der Waals surface area contributed by atoms with Gasteiger partial charge < -0.3 is 23.7 Å². The first kappa shape index (κ1) is 28.8. The van der Waals surface area contributed by atoms with E-state index >= 15 is 0 Å². The molecule has 0 amide bonds. The van der Waals surface area contributed by atoms with Crippen molar-refractivity contribution in [2.24, 2.45) is 0 Å². The predicted octanol–water partition coefficient (Wildman–Crippen LogP) is 4.34. The highest BCUT2D eigenvalue weighted by Crippen LogP contribution is 2.37. The molecule has 0 aliphatic carbocycles. The highest BCUT2D eigenvalue weighted by atomic mass is 32.1. The lowest BCUT2D eigenvalue weighted by atomic mass is 10.0. The number of ether oxygens (including phenoxy) is 3. The molecule has 12 heteroatoms. The van der Waals surface area contributed by atoms with Crippen molar-refractivity contribution < 1.29 is 28.5 Å². The van der Waals surface area contributed by atoms with Gasteiger partial charge in [0.25, 0.3) is 5.56 Å². The first-order valence-electron chi connectivity index (χ1n) is 13.5. The SMILES string of the molecule is CCOc1ccccc1[C@@H](Cn1c(=O)n(C(C)(C)C(=O)O)c(=O)c2c(C)c(-c3ncco3)sc21)OC1CCOCC1. The molecule has 11 nitrogen and oxygen atoms in total. The molecule has 1 aliphatic heterocycles. The number of aryl methyl sites for hydroxylation is 1. The van der Waals surface area contributed by atoms with Crippen molar-refractivity contribution in [1.29, 1.82) is 0 Å². The molecule has 4 aromatic rings. The molecule has 1 aromatic carbocycles. The van der Waals surface area contributed by atoms with Crippen LogP contribution in [0.2, 0.25) is 0 Å². The van der Waals surface area contributed by atoms with Crippen molar-refractivity contribution in [2.75, 3.05) is 19.8 Å². The van der Waals surface area contributed by atoms with Crippen LogP contribution in [0.25, 0.3) is 21.0 Å². The molecule has 1 saturated heterocycles. The van der Waals surface area contributed by atoms with Gasteiger partial charge in [-0.2, -0.15) is 0 Å². The Bertz CT molecular complexity index is 1660. The molecule has 0 unspecified atom stereocenters. The van der Waals surface area contributed by atoms with E-state index in [1.54, 1.807) is 6.92 Å². The minimum Gasteiger partial charge on any atom is -0.493 e. The van der Waals surface area contributed by atoms with Gasteiger partial charge in [-0.25, -0.2) is 19.1 Å². The molecule has 1 N–H and O–H groups in total. The second-order valence-corrected chi connectivity index (χ2v) is 11.4. The Hall–Kier alpha value is -3.74. The van der Waals surface area contributed by atoms with Crippen LogP contribution in [0.3, 0.4) is 0 Å². The second kappa shape index (κ2) is 11.6. The van der Waals surface area contributed by atoms with E-state index in [0.29, 0.717) is 59.6 Å². The van der Waals surface area contributed by atoms with Gasteiger partial charge in [0.1, 0.15) is 28.5 Å². The van der Waals surface area contributed by atoms with E-state index in [-0.39, 0.29) is 18.0 Å². The largest absolute Gasteiger partial charge is 0.493 e. The lowest BCUT2D eigenvalue weighted by Gasteiger charge is -2.30. The van der Waals surface area contributed by atoms with Crippen LogP contribution >= 0.6 is 11.3 Å². The maximum atomic E-state index is 14.2. The fraction of sp³-hybridized carbons (Fsp3) is 0.448. The van der Waals surface area contributed by atoms with Crippen LogP contribution < -0.4 is 16.0 Å². The van der Waals surface area contributed by atoms with Gasteiger partial charge in [-0.05, 0) is 52.2 Å². The summed E-state index contributed by atoms with van der Waals surface area (Å²) >= 11 is 1.20. The molecular formula is C29H33N3O8S. The van der Waals surface area contributed by atoms with Crippen LogP contribution in [0.4, 0.5) is 0 Å². The Morgan fingerprint density at radius 2 is 1.98 bits per heavy atom. The molecule has 218 valence electrons. The number of carboxylic acids is 1. The van der Waals surface area contributed by atoms with Crippen molar-refractivity contribution in [3.63, 3.8) is 0 Å². The van der Waals surface area contributed by atoms with Crippen molar-refractivity contribution in [3.8, 4) is 16.5 Å². The number of rotatable bonds is 10. The van der Waals surface area contributed by atoms with Gasteiger partial charge in [-0.3, -0.25) is 9.36 Å². The lowest BCUT2D eigenvalue weighted by molar-refractivity contribution is -0.146. The van der Waals surface area contributed by atoms with E-state index in [0.717, 1.165) is 10.1 Å². The predicted molar refractivity (Wildman–Crippen MR) is 153 cm³/mol. The molecule has 1 aliphatic rings. The minimum atomic E-state index is -1.82. The number of fused-ring (bicyclic) bond motifs is 1. The van der Waals surface area contributed by atoms with Crippen LogP contribution in [0, 0.1) is 6.92 Å². The molecule has 1 atom stereocenters. The first-order chi connectivity index (χ1) is 19.6. The van der Waals surface area contributed by atoms with Crippen LogP contribution in [-0.2, 0) is 26.4 Å². The van der Waals surface area contributed by atoms with Gasteiger partial charge in [0, 0.05) is 18.8 Å². The van der Waals surface area contributed by atoms with E-state index in [1.165, 1.54) is 42.2 Å². The van der Waals surface area contributed by atoms with E-state index < -0.39 is 28.9 Å². The highest BCUT2D eigenvalue weighted by Gasteiger charge is 2.36. The third-order valence-corrected chi connectivity index (χ3v) is 8.66. The van der Waals surface area contributed by atoms with Crippen molar-refractivity contribution in [1.82, 2.24) is 14.1 Å². The summed E-state index contributed by atoms with van der Waals surface area (Å²) in [6.07, 6.45) is 3.55. The monoisotopic (exact) mass is 583 g/mol. The Labute approximate surface area is 239 Å². The fourth-order valence-corrected chi connectivity index (χ4v) is 6.34. The molecule has 1 fully saturated rings. The Morgan fingerprint density at radius 1 is 1.24 bits per heavy atom. The summed E-state index contributed by atoms with van der Waals surface area (Å²) in [6, 6.07) is 7.49. The van der Waals surface area contributed by atoms with E-state index in [1.807, 2.05) is 31.2 Å². The van der Waals surface area contributed by atoms with Crippen molar-refractivity contribution in [3.05, 3.63) is 68.7 Å². The zero-order valence-corrected chi connectivity index (χ0v) is 24.2. The van der Waals surface area contributed by atoms with Crippen LogP contribution in [0.15, 0.2) is 50.7 Å². The van der Waals surface area contributed by atoms with Crippen molar-refractivity contribution >= 4 is 27.5 Å². The van der Waals surface area contributed by atoms with Gasteiger partial charge in [0.2, 0.25) is 5.89 Å². The normalized spacial score (nSPS) is 15.3. The summed E-state index contributed by atoms with van der Waals surface area (Å²) in [5, 5.41) is 10.3. The van der Waals surface area contributed by atoms with Gasteiger partial charge in [-0.15, -0.1) is 11.3 Å². The number of oxazole rings is 1. The number of carboxylic acid groups (broad SMARTS) is 1. The molecule has 0 bridgehead atoms. The zero-order valence-electron chi connectivity index (χ0n) is 23.4. The maximum absolute atomic E-state index is 14.2. The number of aromatic nitrogens is 3. The molecule has 5 rings (SSSR count). The molecule has 0 radical (unpaired) electrons. The van der Waals surface area contributed by atoms with E-state index in [2.05, 4.69) is 4.98 Å². The molecule has 41 heavy (non-hydrogen) atoms. The smallest absolute Gasteiger partial charge is 0.333 e. The zero-order chi connectivity index (χ0) is 29.3. The Morgan fingerprint density at radius 3 is 2.63 bits per heavy atom. The number of para-hydroxylation sites is 1. The molecule has 3 aromatic heterocycles. The number of benzene rings is 1. The number of aliphatic carboxylic acids is 1. The summed E-state index contributed by atoms with van der Waals surface area (Å²) in [5.41, 5.74) is -1.95. The third-order valence-electron chi connectivity index (χ3n) is 7.36. The van der Waals surface area contributed by atoms with Crippen LogP contribution in [0.1, 0.15) is 50.8 Å². The Balaban J connectivity index is 1.75. The summed E-state index contributed by atoms with van der Waals surface area (Å²) in [5.74, 6) is -0.374. The van der Waals surface area contributed by atoms with Crippen LogP contribution in [-0.4, -0.2) is 51.1 Å². The summed E-state index contributed by atoms with van der Waals surface area (Å²) in [7, 11) is 0. The average Bonchev–Trinajstić information content (AvgIpc) is 3.59. The quantitative estimate of drug-likeness (QED) is 0.289. The summed E-state index contributed by atoms with van der Waals surface area (Å²) < 4.78 is 25.9. The topological polar surface area (TPSA) is 135 Å². The second-order valence-electron chi connectivity index (χ2n) is 10.4. The van der Waals surface area contributed by atoms with Gasteiger partial charge in [0.15, 0.2) is 0 Å². The molecular weight excluding hydrogens is 550 g/mol. The number of hydrogen-bond acceptors (Lipinski definition) is 9. The number of hydrogen-bond donors (Lipinski definition) is 1. The van der Waals surface area contributed by atoms with Gasteiger partial charge in [-0.1, -0.05) is 18.2 Å². The van der Waals surface area contributed by atoms with Crippen LogP contribution in [0.5, 0.6) is 5.75 Å². The maximum Gasteiger partial charge on any atom is 0.333 e.